The van der Waals surface area contributed by atoms with Gasteiger partial charge < -0.3 is 14.9 Å². The average molecular weight is 244 g/mol. The molecule has 1 aromatic carbocycles. The second-order valence-corrected chi connectivity index (χ2v) is 2.69. The largest absolute Gasteiger partial charge is 0.540 e. The van der Waals surface area contributed by atoms with Crippen molar-refractivity contribution >= 4 is 6.16 Å². The summed E-state index contributed by atoms with van der Waals surface area (Å²) in [5.74, 6) is 0.176. The van der Waals surface area contributed by atoms with Gasteiger partial charge in [0, 0.05) is 6.07 Å². The van der Waals surface area contributed by atoms with Gasteiger partial charge in [-0.15, -0.1) is 0 Å². The maximum absolute atomic E-state index is 10.2. The van der Waals surface area contributed by atoms with Gasteiger partial charge in [0.2, 0.25) is 0 Å². The summed E-state index contributed by atoms with van der Waals surface area (Å²) < 4.78 is 4.36. The van der Waals surface area contributed by atoms with Crippen LogP contribution in [-0.4, -0.2) is 29.6 Å². The lowest BCUT2D eigenvalue weighted by Crippen LogP contribution is -2.07. The molecule has 1 rings (SSSR count). The lowest BCUT2D eigenvalue weighted by Gasteiger charge is -1.98. The number of phenolic OH excluding ortho intramolecular Hbond substituents is 2. The summed E-state index contributed by atoms with van der Waals surface area (Å²) in [4.78, 5) is 18.6. The fourth-order valence-corrected chi connectivity index (χ4v) is 0.742. The van der Waals surface area contributed by atoms with Crippen molar-refractivity contribution < 1.29 is 29.5 Å². The third kappa shape index (κ3) is 9.01. The lowest BCUT2D eigenvalue weighted by atomic mass is 10.3. The minimum atomic E-state index is -0.792. The summed E-state index contributed by atoms with van der Waals surface area (Å²) in [5.41, 5.74) is 0. The first-order chi connectivity index (χ1) is 8.10. The van der Waals surface area contributed by atoms with Gasteiger partial charge in [-0.2, -0.15) is 4.89 Å². The molecule has 17 heavy (non-hydrogen) atoms. The van der Waals surface area contributed by atoms with Crippen LogP contribution in [0.15, 0.2) is 24.3 Å². The zero-order chi connectivity index (χ0) is 13.1. The Morgan fingerprint density at radius 1 is 1.18 bits per heavy atom. The SMILES string of the molecule is CCOOC(=O)OCC.Oc1cccc(O)c1. The number of carbonyl (C=O) groups excluding carboxylic acids is 1. The number of aromatic hydroxyl groups is 2. The molecule has 6 heteroatoms. The maximum atomic E-state index is 10.2. The fourth-order valence-electron chi connectivity index (χ4n) is 0.742. The summed E-state index contributed by atoms with van der Waals surface area (Å²) in [7, 11) is 0. The molecule has 0 aliphatic rings. The predicted molar refractivity (Wildman–Crippen MR) is 59.5 cm³/mol. The monoisotopic (exact) mass is 244 g/mol. The topological polar surface area (TPSA) is 85.2 Å². The fraction of sp³-hybridized carbons (Fsp3) is 0.364. The van der Waals surface area contributed by atoms with Gasteiger partial charge in [0.25, 0.3) is 0 Å². The molecule has 0 atom stereocenters. The van der Waals surface area contributed by atoms with E-state index in [0.29, 0.717) is 13.2 Å². The molecule has 6 nitrogen and oxygen atoms in total. The van der Waals surface area contributed by atoms with E-state index in [9.17, 15) is 4.79 Å². The molecule has 0 bridgehead atoms. The highest BCUT2D eigenvalue weighted by Crippen LogP contribution is 2.14. The van der Waals surface area contributed by atoms with E-state index >= 15 is 0 Å². The zero-order valence-electron chi connectivity index (χ0n) is 9.75. The van der Waals surface area contributed by atoms with E-state index in [-0.39, 0.29) is 11.5 Å². The molecule has 0 aliphatic heterocycles. The Balaban J connectivity index is 0.000000302. The van der Waals surface area contributed by atoms with Crippen LogP contribution in [0.1, 0.15) is 13.8 Å². The van der Waals surface area contributed by atoms with E-state index in [1.54, 1.807) is 19.9 Å². The van der Waals surface area contributed by atoms with Crippen LogP contribution in [0.5, 0.6) is 11.5 Å². The Morgan fingerprint density at radius 2 is 1.76 bits per heavy atom. The zero-order valence-corrected chi connectivity index (χ0v) is 9.75. The molecule has 96 valence electrons. The molecular weight excluding hydrogens is 228 g/mol. The molecule has 0 saturated heterocycles. The van der Waals surface area contributed by atoms with Crippen LogP contribution in [0.25, 0.3) is 0 Å². The van der Waals surface area contributed by atoms with Crippen molar-refractivity contribution in [2.24, 2.45) is 0 Å². The van der Waals surface area contributed by atoms with Crippen molar-refractivity contribution in [2.75, 3.05) is 13.2 Å². The number of hydrogen-bond acceptors (Lipinski definition) is 6. The Bertz CT molecular complexity index is 308. The predicted octanol–water partition coefficient (Wildman–Crippen LogP) is 2.21. The van der Waals surface area contributed by atoms with Gasteiger partial charge in [0.1, 0.15) is 11.5 Å². The van der Waals surface area contributed by atoms with Crippen molar-refractivity contribution in [2.45, 2.75) is 13.8 Å². The molecule has 0 unspecified atom stereocenters. The average Bonchev–Trinajstić information content (AvgIpc) is 2.27. The molecule has 0 spiro atoms. The molecule has 0 aromatic heterocycles. The highest BCUT2D eigenvalue weighted by molar-refractivity contribution is 5.58. The van der Waals surface area contributed by atoms with E-state index in [2.05, 4.69) is 14.5 Å². The Hall–Kier alpha value is -1.95. The molecular formula is C11H16O6. The number of ether oxygens (including phenoxy) is 1. The van der Waals surface area contributed by atoms with Gasteiger partial charge in [-0.25, -0.2) is 4.79 Å². The van der Waals surface area contributed by atoms with E-state index in [1.807, 2.05) is 0 Å². The van der Waals surface area contributed by atoms with Gasteiger partial charge in [-0.05, 0) is 26.0 Å². The summed E-state index contributed by atoms with van der Waals surface area (Å²) in [6.45, 7) is 4.02. The molecule has 0 heterocycles. The Kier molecular flexibility index (Phi) is 8.22. The van der Waals surface area contributed by atoms with Gasteiger partial charge >= 0.3 is 6.16 Å². The summed E-state index contributed by atoms with van der Waals surface area (Å²) in [6.07, 6.45) is -0.792. The first-order valence-electron chi connectivity index (χ1n) is 5.04. The van der Waals surface area contributed by atoms with Gasteiger partial charge in [0.05, 0.1) is 13.2 Å². The van der Waals surface area contributed by atoms with Crippen LogP contribution < -0.4 is 0 Å². The highest BCUT2D eigenvalue weighted by Gasteiger charge is 2.00. The second kappa shape index (κ2) is 9.29. The van der Waals surface area contributed by atoms with Crippen molar-refractivity contribution in [1.29, 1.82) is 0 Å². The highest BCUT2D eigenvalue weighted by atomic mass is 17.2. The molecule has 2 N–H and O–H groups in total. The summed E-state index contributed by atoms with van der Waals surface area (Å²) in [6, 6.07) is 5.85. The van der Waals surface area contributed by atoms with E-state index in [1.165, 1.54) is 18.2 Å². The van der Waals surface area contributed by atoms with Crippen LogP contribution in [0.4, 0.5) is 4.79 Å². The van der Waals surface area contributed by atoms with Crippen LogP contribution in [0.2, 0.25) is 0 Å². The molecule has 0 saturated carbocycles. The van der Waals surface area contributed by atoms with Crippen molar-refractivity contribution in [3.8, 4) is 11.5 Å². The van der Waals surface area contributed by atoms with E-state index < -0.39 is 6.16 Å². The number of rotatable bonds is 3. The first-order valence-corrected chi connectivity index (χ1v) is 5.04. The van der Waals surface area contributed by atoms with Crippen molar-refractivity contribution in [3.05, 3.63) is 24.3 Å². The molecule has 0 radical (unpaired) electrons. The Labute approximate surface area is 99.3 Å². The number of carbonyl (C=O) groups is 1. The number of hydrogen-bond donors (Lipinski definition) is 2. The lowest BCUT2D eigenvalue weighted by molar-refractivity contribution is -0.250. The third-order valence-corrected chi connectivity index (χ3v) is 1.34. The molecule has 0 aliphatic carbocycles. The minimum Gasteiger partial charge on any atom is -0.508 e. The van der Waals surface area contributed by atoms with Crippen molar-refractivity contribution in [1.82, 2.24) is 0 Å². The second-order valence-electron chi connectivity index (χ2n) is 2.69. The minimum absolute atomic E-state index is 0.0880. The summed E-state index contributed by atoms with van der Waals surface area (Å²) >= 11 is 0. The van der Waals surface area contributed by atoms with Crippen LogP contribution in [-0.2, 0) is 14.5 Å². The normalized spacial score (nSPS) is 8.82. The molecule has 0 fully saturated rings. The standard InChI is InChI=1S/C6H6O2.C5H10O4/c7-5-2-1-3-6(8)4-5;1-3-7-5(6)9-8-4-2/h1-4,7-8H;3-4H2,1-2H3. The van der Waals surface area contributed by atoms with E-state index in [0.717, 1.165) is 0 Å². The van der Waals surface area contributed by atoms with Gasteiger partial charge in [-0.1, -0.05) is 6.07 Å². The van der Waals surface area contributed by atoms with Crippen LogP contribution >= 0.6 is 0 Å². The third-order valence-electron chi connectivity index (χ3n) is 1.34. The molecule has 1 aromatic rings. The van der Waals surface area contributed by atoms with Gasteiger partial charge in [-0.3, -0.25) is 4.89 Å². The van der Waals surface area contributed by atoms with Crippen LogP contribution in [0, 0.1) is 0 Å². The first kappa shape index (κ1) is 15.0. The van der Waals surface area contributed by atoms with Gasteiger partial charge in [0.15, 0.2) is 0 Å². The summed E-state index contributed by atoms with van der Waals surface area (Å²) in [5, 5.41) is 17.3. The number of phenols is 2. The van der Waals surface area contributed by atoms with E-state index in [4.69, 9.17) is 10.2 Å². The maximum Gasteiger partial charge on any atom is 0.540 e. The Morgan fingerprint density at radius 3 is 2.12 bits per heavy atom. The number of benzene rings is 1. The van der Waals surface area contributed by atoms with Crippen molar-refractivity contribution in [3.63, 3.8) is 0 Å². The molecule has 0 amide bonds. The smallest absolute Gasteiger partial charge is 0.508 e. The van der Waals surface area contributed by atoms with Crippen LogP contribution in [0.3, 0.4) is 0 Å². The quantitative estimate of drug-likeness (QED) is 0.481.